The number of carbonyl (C=O) groups is 1. The Bertz CT molecular complexity index is 956. The van der Waals surface area contributed by atoms with Gasteiger partial charge < -0.3 is 21.1 Å². The summed E-state index contributed by atoms with van der Waals surface area (Å²) in [4.78, 5) is 26.2. The number of aryl methyl sites for hydroxylation is 1. The molecule has 4 N–H and O–H groups in total. The first-order chi connectivity index (χ1) is 12.6. The first kappa shape index (κ1) is 19.7. The van der Waals surface area contributed by atoms with Crippen molar-refractivity contribution in [2.45, 2.75) is 18.6 Å². The average molecular weight is 487 g/mol. The maximum Gasteiger partial charge on any atom is 0.276 e. The lowest BCUT2D eigenvalue weighted by Crippen LogP contribution is -2.70. The number of aromatic nitrogens is 2. The van der Waals surface area contributed by atoms with E-state index in [-0.39, 0.29) is 30.2 Å². The summed E-state index contributed by atoms with van der Waals surface area (Å²) >= 11 is 1.98. The smallest absolute Gasteiger partial charge is 0.276 e. The third kappa shape index (κ3) is 3.82. The van der Waals surface area contributed by atoms with Crippen LogP contribution in [0.5, 0.6) is 0 Å². The number of rotatable bonds is 4. The fraction of sp³-hybridized carbons (Fsp3) is 0.353. The zero-order valence-corrected chi connectivity index (χ0v) is 16.9. The highest BCUT2D eigenvalue weighted by Gasteiger charge is 2.47. The molecule has 1 saturated heterocycles. The summed E-state index contributed by atoms with van der Waals surface area (Å²) in [5.41, 5.74) is 4.32. The first-order valence-corrected chi connectivity index (χ1v) is 9.26. The van der Waals surface area contributed by atoms with Gasteiger partial charge in [-0.25, -0.2) is 9.07 Å². The summed E-state index contributed by atoms with van der Waals surface area (Å²) in [6, 6.07) is 5.24. The third-order valence-corrected chi connectivity index (χ3v) is 5.23. The molecule has 0 spiro atoms. The number of halogens is 2. The molecule has 2 aromatic rings. The van der Waals surface area contributed by atoms with Crippen molar-refractivity contribution in [2.24, 2.45) is 12.8 Å². The van der Waals surface area contributed by atoms with Crippen LogP contribution in [0.15, 0.2) is 29.1 Å². The number of nitrogens with zero attached hydrogens (tertiary/aromatic N) is 3. The molecule has 2 heterocycles. The van der Waals surface area contributed by atoms with Gasteiger partial charge in [-0.3, -0.25) is 9.59 Å². The highest BCUT2D eigenvalue weighted by molar-refractivity contribution is 14.1. The largest absolute Gasteiger partial charge is 0.385 e. The van der Waals surface area contributed by atoms with Crippen LogP contribution in [0.2, 0.25) is 0 Å². The van der Waals surface area contributed by atoms with Crippen LogP contribution in [0.25, 0.3) is 0 Å². The Hall–Kier alpha value is -2.05. The van der Waals surface area contributed by atoms with E-state index in [2.05, 4.69) is 10.4 Å². The van der Waals surface area contributed by atoms with Crippen LogP contribution in [-0.4, -0.2) is 50.4 Å². The minimum Gasteiger partial charge on any atom is -0.385 e. The van der Waals surface area contributed by atoms with Crippen LogP contribution < -0.4 is 16.6 Å². The Kier molecular flexibility index (Phi) is 5.23. The molecule has 10 heteroatoms. The summed E-state index contributed by atoms with van der Waals surface area (Å²) in [6.07, 6.45) is 0. The molecule has 1 aliphatic rings. The number of aliphatic hydroxyl groups is 1. The number of hydrogen-bond acceptors (Lipinski definition) is 6. The Labute approximate surface area is 168 Å². The number of nitrogens with two attached hydrogens (primary N) is 1. The lowest BCUT2D eigenvalue weighted by Gasteiger charge is -2.48. The van der Waals surface area contributed by atoms with Gasteiger partial charge in [0, 0.05) is 22.7 Å². The average Bonchev–Trinajstić information content (AvgIpc) is 2.56. The molecular weight excluding hydrogens is 468 g/mol. The molecule has 0 radical (unpaired) electrons. The summed E-state index contributed by atoms with van der Waals surface area (Å²) in [5, 5.41) is 17.1. The zero-order chi connectivity index (χ0) is 19.9. The topological polar surface area (TPSA) is 113 Å². The van der Waals surface area contributed by atoms with Crippen LogP contribution in [0.4, 0.5) is 15.8 Å². The molecule has 1 aromatic carbocycles. The molecule has 0 bridgehead atoms. The second-order valence-corrected chi connectivity index (χ2v) is 7.92. The van der Waals surface area contributed by atoms with Gasteiger partial charge in [0.25, 0.3) is 11.5 Å². The molecular formula is C17H19FIN5O3. The minimum absolute atomic E-state index is 0.0400. The van der Waals surface area contributed by atoms with Gasteiger partial charge in [-0.05, 0) is 47.7 Å². The molecule has 1 amide bonds. The third-order valence-electron chi connectivity index (χ3n) is 4.56. The molecule has 8 nitrogen and oxygen atoms in total. The Morgan fingerprint density at radius 2 is 2.07 bits per heavy atom. The van der Waals surface area contributed by atoms with Gasteiger partial charge in [0.2, 0.25) is 0 Å². The van der Waals surface area contributed by atoms with Crippen molar-refractivity contribution >= 4 is 39.9 Å². The van der Waals surface area contributed by atoms with Crippen LogP contribution in [0.3, 0.4) is 0 Å². The van der Waals surface area contributed by atoms with Crippen LogP contribution >= 0.6 is 22.6 Å². The lowest BCUT2D eigenvalue weighted by atomic mass is 9.87. The number of likely N-dealkylation sites (tertiary alicyclic amines) is 1. The van der Waals surface area contributed by atoms with E-state index in [0.29, 0.717) is 3.57 Å². The van der Waals surface area contributed by atoms with Crippen LogP contribution in [0.1, 0.15) is 17.4 Å². The van der Waals surface area contributed by atoms with E-state index in [9.17, 15) is 19.1 Å². The predicted molar refractivity (Wildman–Crippen MR) is 106 cm³/mol. The molecule has 1 aliphatic heterocycles. The number of nitrogens with one attached hydrogen (secondary N) is 1. The summed E-state index contributed by atoms with van der Waals surface area (Å²) in [5.74, 6) is -0.999. The second-order valence-electron chi connectivity index (χ2n) is 6.67. The Balaban J connectivity index is 1.92. The van der Waals surface area contributed by atoms with E-state index in [4.69, 9.17) is 5.73 Å². The number of β-amino-alcohol motifs (C(OH)–C–C–N with tert-alkyl or cyclic N) is 1. The van der Waals surface area contributed by atoms with Crippen molar-refractivity contribution in [3.63, 3.8) is 0 Å². The van der Waals surface area contributed by atoms with Crippen molar-refractivity contribution in [1.82, 2.24) is 14.7 Å². The lowest BCUT2D eigenvalue weighted by molar-refractivity contribution is -0.0933. The van der Waals surface area contributed by atoms with Gasteiger partial charge in [0.15, 0.2) is 5.69 Å². The van der Waals surface area contributed by atoms with E-state index >= 15 is 0 Å². The van der Waals surface area contributed by atoms with Gasteiger partial charge in [0.1, 0.15) is 11.4 Å². The Morgan fingerprint density at radius 1 is 1.41 bits per heavy atom. The van der Waals surface area contributed by atoms with Gasteiger partial charge >= 0.3 is 0 Å². The second kappa shape index (κ2) is 7.17. The number of anilines is 2. The van der Waals surface area contributed by atoms with Crippen molar-refractivity contribution in [3.05, 3.63) is 49.7 Å². The molecule has 0 aliphatic carbocycles. The summed E-state index contributed by atoms with van der Waals surface area (Å²) < 4.78 is 15.9. The normalized spacial score (nSPS) is 16.6. The zero-order valence-electron chi connectivity index (χ0n) is 14.7. The van der Waals surface area contributed by atoms with E-state index in [1.54, 1.807) is 13.0 Å². The van der Waals surface area contributed by atoms with E-state index < -0.39 is 28.9 Å². The standard InChI is InChI=1S/C17H19FIN5O3/c1-9(20)17(27)7-24(8-17)16(26)15-13(6-14(25)23(2)22-15)21-12-4-3-10(19)5-11(12)18/h3-6,9,21,27H,7-8,20H2,1-2H3. The predicted octanol–water partition coefficient (Wildman–Crippen LogP) is 0.802. The van der Waals surface area contributed by atoms with Gasteiger partial charge in [0.05, 0.1) is 24.5 Å². The van der Waals surface area contributed by atoms with Crippen LogP contribution in [-0.2, 0) is 7.05 Å². The van der Waals surface area contributed by atoms with Gasteiger partial charge in [-0.2, -0.15) is 5.10 Å². The van der Waals surface area contributed by atoms with Crippen molar-refractivity contribution in [1.29, 1.82) is 0 Å². The highest BCUT2D eigenvalue weighted by atomic mass is 127. The molecule has 1 atom stereocenters. The number of benzene rings is 1. The first-order valence-electron chi connectivity index (χ1n) is 8.18. The number of carbonyl (C=O) groups excluding carboxylic acids is 1. The maximum absolute atomic E-state index is 14.2. The van der Waals surface area contributed by atoms with Gasteiger partial charge in [-0.15, -0.1) is 0 Å². The number of amides is 1. The Morgan fingerprint density at radius 3 is 2.67 bits per heavy atom. The molecule has 0 saturated carbocycles. The molecule has 1 fully saturated rings. The van der Waals surface area contributed by atoms with E-state index in [1.165, 1.54) is 30.1 Å². The minimum atomic E-state index is -1.15. The molecule has 144 valence electrons. The molecule has 3 rings (SSSR count). The van der Waals surface area contributed by atoms with Crippen molar-refractivity contribution in [3.8, 4) is 0 Å². The SMILES string of the molecule is CC(N)C1(O)CN(C(=O)c2nn(C)c(=O)cc2Nc2ccc(I)cc2F)C1. The quantitative estimate of drug-likeness (QED) is 0.551. The summed E-state index contributed by atoms with van der Waals surface area (Å²) in [7, 11) is 1.42. The summed E-state index contributed by atoms with van der Waals surface area (Å²) in [6.45, 7) is 1.79. The fourth-order valence-electron chi connectivity index (χ4n) is 2.72. The van der Waals surface area contributed by atoms with E-state index in [0.717, 1.165) is 4.68 Å². The monoisotopic (exact) mass is 487 g/mol. The number of hydrogen-bond donors (Lipinski definition) is 3. The van der Waals surface area contributed by atoms with Gasteiger partial charge in [-0.1, -0.05) is 0 Å². The molecule has 1 aromatic heterocycles. The molecule has 1 unspecified atom stereocenters. The molecule has 27 heavy (non-hydrogen) atoms. The van der Waals surface area contributed by atoms with Crippen molar-refractivity contribution in [2.75, 3.05) is 18.4 Å². The maximum atomic E-state index is 14.2. The highest BCUT2D eigenvalue weighted by Crippen LogP contribution is 2.28. The van der Waals surface area contributed by atoms with E-state index in [1.807, 2.05) is 22.6 Å². The van der Waals surface area contributed by atoms with Crippen LogP contribution in [0, 0.1) is 9.39 Å². The fourth-order valence-corrected chi connectivity index (χ4v) is 3.18. The van der Waals surface area contributed by atoms with Crippen molar-refractivity contribution < 1.29 is 14.3 Å².